The van der Waals surface area contributed by atoms with Crippen LogP contribution in [0.1, 0.15) is 33.0 Å². The molecule has 0 bridgehead atoms. The number of hydrogen-bond donors (Lipinski definition) is 2. The van der Waals surface area contributed by atoms with E-state index in [9.17, 15) is 9.18 Å². The Bertz CT molecular complexity index is 1000. The van der Waals surface area contributed by atoms with E-state index >= 15 is 0 Å². The third-order valence-electron chi connectivity index (χ3n) is 4.35. The molecule has 0 spiro atoms. The first-order valence-corrected chi connectivity index (χ1v) is 9.14. The number of nitrogens with one attached hydrogen (secondary N) is 2. The molecule has 0 aliphatic carbocycles. The van der Waals surface area contributed by atoms with Crippen LogP contribution in [0.15, 0.2) is 48.5 Å². The third kappa shape index (κ3) is 4.91. The van der Waals surface area contributed by atoms with Crippen LogP contribution >= 0.6 is 0 Å². The second-order valence-corrected chi connectivity index (χ2v) is 6.73. The van der Waals surface area contributed by atoms with Crippen LogP contribution in [0.3, 0.4) is 0 Å². The molecule has 0 unspecified atom stereocenters. The fourth-order valence-corrected chi connectivity index (χ4v) is 2.94. The summed E-state index contributed by atoms with van der Waals surface area (Å²) in [6.07, 6.45) is 0.413. The smallest absolute Gasteiger partial charge is 0.270 e. The summed E-state index contributed by atoms with van der Waals surface area (Å²) in [5, 5.41) is 6.03. The first kappa shape index (κ1) is 19.5. The Morgan fingerprint density at radius 1 is 1.04 bits per heavy atom. The highest BCUT2D eigenvalue weighted by atomic mass is 19.1. The number of aryl methyl sites for hydroxylation is 3. The maximum atomic E-state index is 13.7. The summed E-state index contributed by atoms with van der Waals surface area (Å²) in [5.74, 6) is 0.466. The molecule has 3 aromatic rings. The van der Waals surface area contributed by atoms with Gasteiger partial charge in [-0.25, -0.2) is 14.4 Å². The molecule has 144 valence electrons. The van der Waals surface area contributed by atoms with Crippen LogP contribution in [-0.4, -0.2) is 22.4 Å². The molecule has 0 saturated carbocycles. The number of rotatable bonds is 6. The van der Waals surface area contributed by atoms with Crippen molar-refractivity contribution in [3.05, 3.63) is 82.6 Å². The molecular weight excluding hydrogens is 355 g/mol. The van der Waals surface area contributed by atoms with E-state index in [0.717, 1.165) is 11.3 Å². The van der Waals surface area contributed by atoms with E-state index in [2.05, 4.69) is 26.7 Å². The van der Waals surface area contributed by atoms with Gasteiger partial charge < -0.3 is 10.6 Å². The summed E-state index contributed by atoms with van der Waals surface area (Å²) >= 11 is 0. The minimum absolute atomic E-state index is 0.269. The maximum absolute atomic E-state index is 13.7. The van der Waals surface area contributed by atoms with Crippen LogP contribution in [0, 0.1) is 26.6 Å². The summed E-state index contributed by atoms with van der Waals surface area (Å²) in [6.45, 7) is 6.11. The molecule has 0 aliphatic rings. The van der Waals surface area contributed by atoms with E-state index in [-0.39, 0.29) is 17.4 Å². The first-order chi connectivity index (χ1) is 13.4. The lowest BCUT2D eigenvalue weighted by Crippen LogP contribution is -2.27. The fraction of sp³-hybridized carbons (Fsp3) is 0.227. The molecule has 0 saturated heterocycles. The van der Waals surface area contributed by atoms with Crippen molar-refractivity contribution in [3.8, 4) is 0 Å². The Hall–Kier alpha value is -3.28. The van der Waals surface area contributed by atoms with E-state index in [1.165, 1.54) is 11.6 Å². The molecule has 0 atom stereocenters. The van der Waals surface area contributed by atoms with Crippen molar-refractivity contribution in [3.63, 3.8) is 0 Å². The van der Waals surface area contributed by atoms with Crippen LogP contribution < -0.4 is 10.6 Å². The average Bonchev–Trinajstić information content (AvgIpc) is 2.65. The van der Waals surface area contributed by atoms with Crippen molar-refractivity contribution in [1.29, 1.82) is 0 Å². The first-order valence-electron chi connectivity index (χ1n) is 9.14. The van der Waals surface area contributed by atoms with E-state index in [1.54, 1.807) is 31.2 Å². The van der Waals surface area contributed by atoms with Gasteiger partial charge in [0, 0.05) is 18.3 Å². The van der Waals surface area contributed by atoms with Crippen molar-refractivity contribution in [2.24, 2.45) is 0 Å². The summed E-state index contributed by atoms with van der Waals surface area (Å²) in [6, 6.07) is 14.2. The van der Waals surface area contributed by atoms with Crippen LogP contribution in [-0.2, 0) is 6.42 Å². The van der Waals surface area contributed by atoms with Crippen LogP contribution in [0.25, 0.3) is 0 Å². The minimum atomic E-state index is -0.314. The van der Waals surface area contributed by atoms with Crippen molar-refractivity contribution in [2.75, 3.05) is 11.9 Å². The summed E-state index contributed by atoms with van der Waals surface area (Å²) in [5.41, 5.74) is 4.03. The molecule has 3 rings (SSSR count). The predicted molar refractivity (Wildman–Crippen MR) is 108 cm³/mol. The summed E-state index contributed by atoms with van der Waals surface area (Å²) in [7, 11) is 0. The van der Waals surface area contributed by atoms with Gasteiger partial charge in [-0.15, -0.1) is 0 Å². The van der Waals surface area contributed by atoms with Gasteiger partial charge in [0.25, 0.3) is 5.91 Å². The number of anilines is 2. The van der Waals surface area contributed by atoms with Crippen molar-refractivity contribution >= 4 is 17.4 Å². The highest BCUT2D eigenvalue weighted by Gasteiger charge is 2.11. The number of carbonyl (C=O) groups excluding carboxylic acids is 1. The molecule has 1 amide bonds. The molecule has 2 aromatic carbocycles. The van der Waals surface area contributed by atoms with E-state index in [1.807, 2.05) is 26.0 Å². The number of amides is 1. The normalized spacial score (nSPS) is 10.6. The topological polar surface area (TPSA) is 66.9 Å². The average molecular weight is 378 g/mol. The van der Waals surface area contributed by atoms with Crippen molar-refractivity contribution in [2.45, 2.75) is 27.2 Å². The van der Waals surface area contributed by atoms with Crippen LogP contribution in [0.5, 0.6) is 0 Å². The van der Waals surface area contributed by atoms with Crippen LogP contribution in [0.2, 0.25) is 0 Å². The second kappa shape index (κ2) is 8.61. The van der Waals surface area contributed by atoms with E-state index in [0.29, 0.717) is 30.2 Å². The number of halogens is 1. The van der Waals surface area contributed by atoms with Crippen molar-refractivity contribution < 1.29 is 9.18 Å². The van der Waals surface area contributed by atoms with Gasteiger partial charge in [0.15, 0.2) is 0 Å². The maximum Gasteiger partial charge on any atom is 0.270 e. The Balaban J connectivity index is 1.68. The summed E-state index contributed by atoms with van der Waals surface area (Å²) in [4.78, 5) is 21.0. The zero-order valence-electron chi connectivity index (χ0n) is 16.2. The van der Waals surface area contributed by atoms with Gasteiger partial charge in [0.1, 0.15) is 23.2 Å². The number of benzene rings is 2. The number of hydrogen-bond acceptors (Lipinski definition) is 4. The van der Waals surface area contributed by atoms with Gasteiger partial charge in [-0.3, -0.25) is 4.79 Å². The van der Waals surface area contributed by atoms with Crippen molar-refractivity contribution in [1.82, 2.24) is 15.3 Å². The van der Waals surface area contributed by atoms with Gasteiger partial charge >= 0.3 is 0 Å². The van der Waals surface area contributed by atoms with Gasteiger partial charge in [0.05, 0.1) is 0 Å². The lowest BCUT2D eigenvalue weighted by atomic mass is 10.1. The molecule has 6 heteroatoms. The molecule has 1 aromatic heterocycles. The number of aromatic nitrogens is 2. The largest absolute Gasteiger partial charge is 0.350 e. The number of carbonyl (C=O) groups is 1. The Morgan fingerprint density at radius 3 is 2.57 bits per heavy atom. The zero-order chi connectivity index (χ0) is 20.1. The van der Waals surface area contributed by atoms with Gasteiger partial charge in [0.2, 0.25) is 0 Å². The predicted octanol–water partition coefficient (Wildman–Crippen LogP) is 4.26. The third-order valence-corrected chi connectivity index (χ3v) is 4.35. The molecule has 1 heterocycles. The van der Waals surface area contributed by atoms with Gasteiger partial charge in [-0.2, -0.15) is 0 Å². The standard InChI is InChI=1S/C22H23FN4O/c1-14-8-9-19(15(2)12-14)27-21-13-20(25-16(3)26-21)22(28)24-11-10-17-6-4-5-7-18(17)23/h4-9,12-13H,10-11H2,1-3H3,(H,24,28)(H,25,26,27). The zero-order valence-corrected chi connectivity index (χ0v) is 16.2. The lowest BCUT2D eigenvalue weighted by Gasteiger charge is -2.11. The highest BCUT2D eigenvalue weighted by Crippen LogP contribution is 2.20. The van der Waals surface area contributed by atoms with Gasteiger partial charge in [-0.05, 0) is 50.5 Å². The lowest BCUT2D eigenvalue weighted by molar-refractivity contribution is 0.0948. The minimum Gasteiger partial charge on any atom is -0.350 e. The molecule has 28 heavy (non-hydrogen) atoms. The number of nitrogens with zero attached hydrogens (tertiary/aromatic N) is 2. The molecule has 0 aliphatic heterocycles. The Kier molecular flexibility index (Phi) is 5.99. The summed E-state index contributed by atoms with van der Waals surface area (Å²) < 4.78 is 13.7. The van der Waals surface area contributed by atoms with Gasteiger partial charge in [-0.1, -0.05) is 35.9 Å². The molecule has 2 N–H and O–H groups in total. The second-order valence-electron chi connectivity index (χ2n) is 6.73. The molecule has 5 nitrogen and oxygen atoms in total. The van der Waals surface area contributed by atoms with E-state index < -0.39 is 0 Å². The Morgan fingerprint density at radius 2 is 1.82 bits per heavy atom. The fourth-order valence-electron chi connectivity index (χ4n) is 2.94. The monoisotopic (exact) mass is 378 g/mol. The van der Waals surface area contributed by atoms with Crippen LogP contribution in [0.4, 0.5) is 15.9 Å². The quantitative estimate of drug-likeness (QED) is 0.673. The highest BCUT2D eigenvalue weighted by molar-refractivity contribution is 5.93. The molecule has 0 radical (unpaired) electrons. The molecular formula is C22H23FN4O. The molecule has 0 fully saturated rings. The SMILES string of the molecule is Cc1ccc(Nc2cc(C(=O)NCCc3ccccc3F)nc(C)n2)c(C)c1. The Labute approximate surface area is 164 Å². The van der Waals surface area contributed by atoms with E-state index in [4.69, 9.17) is 0 Å².